The van der Waals surface area contributed by atoms with Crippen molar-refractivity contribution >= 4 is 10.8 Å². The molecule has 17 heavy (non-hydrogen) atoms. The molecular formula is C14H31NOS. The minimum Gasteiger partial charge on any atom is -0.314 e. The highest BCUT2D eigenvalue weighted by molar-refractivity contribution is 7.84. The van der Waals surface area contributed by atoms with Gasteiger partial charge in [0.1, 0.15) is 0 Å². The molecule has 3 unspecified atom stereocenters. The zero-order valence-electron chi connectivity index (χ0n) is 12.1. The fourth-order valence-corrected chi connectivity index (χ4v) is 2.30. The van der Waals surface area contributed by atoms with E-state index in [1.807, 2.05) is 0 Å². The van der Waals surface area contributed by atoms with E-state index in [9.17, 15) is 4.21 Å². The highest BCUT2D eigenvalue weighted by atomic mass is 32.2. The van der Waals surface area contributed by atoms with Crippen molar-refractivity contribution in [3.63, 3.8) is 0 Å². The predicted octanol–water partition coefficient (Wildman–Crippen LogP) is 3.48. The molecule has 104 valence electrons. The van der Waals surface area contributed by atoms with Crippen LogP contribution in [0, 0.1) is 0 Å². The van der Waals surface area contributed by atoms with E-state index in [0.29, 0.717) is 11.3 Å². The first-order valence-electron chi connectivity index (χ1n) is 7.13. The zero-order chi connectivity index (χ0) is 13.1. The Bertz CT molecular complexity index is 197. The summed E-state index contributed by atoms with van der Waals surface area (Å²) >= 11 is 0. The molecule has 0 heterocycles. The lowest BCUT2D eigenvalue weighted by atomic mass is 10.1. The maximum Gasteiger partial charge on any atom is 0.0329 e. The summed E-state index contributed by atoms with van der Waals surface area (Å²) in [6.07, 6.45) is 10.9. The maximum atomic E-state index is 11.2. The lowest BCUT2D eigenvalue weighted by Gasteiger charge is -2.15. The van der Waals surface area contributed by atoms with Crippen LogP contribution in [-0.4, -0.2) is 28.3 Å². The van der Waals surface area contributed by atoms with Gasteiger partial charge in [-0.1, -0.05) is 46.0 Å². The first kappa shape index (κ1) is 17.1. The standard InChI is InChI=1S/C14H31NOS/c1-5-6-7-8-9-10-13(2)15-12-11-14(3)17(4)16/h13-15H,5-12H2,1-4H3. The van der Waals surface area contributed by atoms with Gasteiger partial charge in [0.05, 0.1) is 0 Å². The lowest BCUT2D eigenvalue weighted by Crippen LogP contribution is -2.29. The van der Waals surface area contributed by atoms with Crippen LogP contribution in [0.25, 0.3) is 0 Å². The SMILES string of the molecule is CCCCCCCC(C)NCCC(C)S(C)=O. The molecule has 0 saturated carbocycles. The average Bonchev–Trinajstić information content (AvgIpc) is 2.28. The van der Waals surface area contributed by atoms with Crippen molar-refractivity contribution in [3.8, 4) is 0 Å². The quantitative estimate of drug-likeness (QED) is 0.577. The van der Waals surface area contributed by atoms with Gasteiger partial charge in [0.2, 0.25) is 0 Å². The summed E-state index contributed by atoms with van der Waals surface area (Å²) in [5, 5.41) is 3.84. The van der Waals surface area contributed by atoms with E-state index in [0.717, 1.165) is 13.0 Å². The van der Waals surface area contributed by atoms with Crippen molar-refractivity contribution < 1.29 is 4.21 Å². The van der Waals surface area contributed by atoms with Crippen molar-refractivity contribution in [3.05, 3.63) is 0 Å². The molecule has 2 nitrogen and oxygen atoms in total. The Hall–Kier alpha value is 0.110. The highest BCUT2D eigenvalue weighted by Gasteiger charge is 2.06. The van der Waals surface area contributed by atoms with Gasteiger partial charge in [-0.25, -0.2) is 0 Å². The van der Waals surface area contributed by atoms with E-state index in [4.69, 9.17) is 0 Å². The Kier molecular flexibility index (Phi) is 11.3. The number of nitrogens with one attached hydrogen (secondary N) is 1. The maximum absolute atomic E-state index is 11.2. The second-order valence-electron chi connectivity index (χ2n) is 5.16. The Labute approximate surface area is 110 Å². The van der Waals surface area contributed by atoms with Gasteiger partial charge < -0.3 is 5.32 Å². The molecule has 0 fully saturated rings. The summed E-state index contributed by atoms with van der Waals surface area (Å²) in [7, 11) is -0.674. The van der Waals surface area contributed by atoms with E-state index >= 15 is 0 Å². The average molecular weight is 261 g/mol. The van der Waals surface area contributed by atoms with Crippen LogP contribution in [0.2, 0.25) is 0 Å². The molecule has 0 rings (SSSR count). The van der Waals surface area contributed by atoms with E-state index in [1.165, 1.54) is 38.5 Å². The molecule has 0 aromatic heterocycles. The fourth-order valence-electron chi connectivity index (χ4n) is 1.86. The molecule has 0 amide bonds. The molecule has 0 bridgehead atoms. The summed E-state index contributed by atoms with van der Waals surface area (Å²) in [5.74, 6) is 0. The number of hydrogen-bond acceptors (Lipinski definition) is 2. The Morgan fingerprint density at radius 3 is 2.29 bits per heavy atom. The molecule has 0 aliphatic carbocycles. The van der Waals surface area contributed by atoms with Gasteiger partial charge >= 0.3 is 0 Å². The third-order valence-electron chi connectivity index (χ3n) is 3.35. The minimum absolute atomic E-state index is 0.319. The van der Waals surface area contributed by atoms with Gasteiger partial charge in [0.15, 0.2) is 0 Å². The third kappa shape index (κ3) is 11.0. The number of hydrogen-bond donors (Lipinski definition) is 1. The van der Waals surface area contributed by atoms with Crippen LogP contribution in [0.1, 0.15) is 65.7 Å². The molecule has 0 aromatic carbocycles. The smallest absolute Gasteiger partial charge is 0.0329 e. The Balaban J connectivity index is 3.34. The molecule has 3 heteroatoms. The number of rotatable bonds is 11. The van der Waals surface area contributed by atoms with Crippen LogP contribution < -0.4 is 5.32 Å². The Morgan fingerprint density at radius 2 is 1.71 bits per heavy atom. The van der Waals surface area contributed by atoms with Crippen LogP contribution in [0.3, 0.4) is 0 Å². The molecule has 0 spiro atoms. The topological polar surface area (TPSA) is 29.1 Å². The predicted molar refractivity (Wildman–Crippen MR) is 79.0 cm³/mol. The van der Waals surface area contributed by atoms with Crippen molar-refractivity contribution in [1.29, 1.82) is 0 Å². The summed E-state index contributed by atoms with van der Waals surface area (Å²) in [6, 6.07) is 0.606. The van der Waals surface area contributed by atoms with E-state index in [2.05, 4.69) is 26.1 Å². The summed E-state index contributed by atoms with van der Waals surface area (Å²) in [6.45, 7) is 7.57. The Morgan fingerprint density at radius 1 is 1.06 bits per heavy atom. The van der Waals surface area contributed by atoms with Crippen LogP contribution in [0.4, 0.5) is 0 Å². The van der Waals surface area contributed by atoms with E-state index in [-0.39, 0.29) is 0 Å². The monoisotopic (exact) mass is 261 g/mol. The van der Waals surface area contributed by atoms with Gasteiger partial charge in [0, 0.05) is 28.3 Å². The van der Waals surface area contributed by atoms with E-state index in [1.54, 1.807) is 6.26 Å². The first-order chi connectivity index (χ1) is 8.07. The van der Waals surface area contributed by atoms with Crippen molar-refractivity contribution in [2.24, 2.45) is 0 Å². The highest BCUT2D eigenvalue weighted by Crippen LogP contribution is 2.07. The zero-order valence-corrected chi connectivity index (χ0v) is 12.9. The second kappa shape index (κ2) is 11.2. The molecule has 0 saturated heterocycles. The minimum atomic E-state index is -0.674. The van der Waals surface area contributed by atoms with Gasteiger partial charge in [-0.15, -0.1) is 0 Å². The van der Waals surface area contributed by atoms with Gasteiger partial charge in [-0.3, -0.25) is 4.21 Å². The summed E-state index contributed by atoms with van der Waals surface area (Å²) in [5.41, 5.74) is 0. The summed E-state index contributed by atoms with van der Waals surface area (Å²) < 4.78 is 11.2. The molecule has 0 aromatic rings. The van der Waals surface area contributed by atoms with Crippen molar-refractivity contribution in [1.82, 2.24) is 5.32 Å². The van der Waals surface area contributed by atoms with Gasteiger partial charge in [-0.05, 0) is 26.3 Å². The third-order valence-corrected chi connectivity index (χ3v) is 4.72. The van der Waals surface area contributed by atoms with Gasteiger partial charge in [-0.2, -0.15) is 0 Å². The molecule has 0 aliphatic rings. The number of unbranched alkanes of at least 4 members (excludes halogenated alkanes) is 4. The van der Waals surface area contributed by atoms with Crippen molar-refractivity contribution in [2.45, 2.75) is 77.0 Å². The molecule has 0 radical (unpaired) electrons. The van der Waals surface area contributed by atoms with Crippen molar-refractivity contribution in [2.75, 3.05) is 12.8 Å². The van der Waals surface area contributed by atoms with Crippen LogP contribution >= 0.6 is 0 Å². The summed E-state index contributed by atoms with van der Waals surface area (Å²) in [4.78, 5) is 0. The largest absolute Gasteiger partial charge is 0.314 e. The normalized spacial score (nSPS) is 16.7. The van der Waals surface area contributed by atoms with Gasteiger partial charge in [0.25, 0.3) is 0 Å². The first-order valence-corrected chi connectivity index (χ1v) is 8.75. The lowest BCUT2D eigenvalue weighted by molar-refractivity contribution is 0.475. The molecule has 3 atom stereocenters. The second-order valence-corrected chi connectivity index (χ2v) is 6.96. The van der Waals surface area contributed by atoms with Crippen LogP contribution in [0.5, 0.6) is 0 Å². The van der Waals surface area contributed by atoms with Crippen LogP contribution in [-0.2, 0) is 10.8 Å². The molecular weight excluding hydrogens is 230 g/mol. The molecule has 0 aliphatic heterocycles. The molecule has 1 N–H and O–H groups in total. The van der Waals surface area contributed by atoms with E-state index < -0.39 is 10.8 Å². The fraction of sp³-hybridized carbons (Fsp3) is 1.00. The van der Waals surface area contributed by atoms with Crippen LogP contribution in [0.15, 0.2) is 0 Å².